The van der Waals surface area contributed by atoms with Crippen molar-refractivity contribution in [3.63, 3.8) is 0 Å². The lowest BCUT2D eigenvalue weighted by molar-refractivity contribution is -0.197. The summed E-state index contributed by atoms with van der Waals surface area (Å²) in [6.07, 6.45) is 2.40. The maximum absolute atomic E-state index is 14.8. The van der Waals surface area contributed by atoms with E-state index in [0.29, 0.717) is 71.0 Å². The number of thioether (sulfide) groups is 2. The number of cyclic esters (lactones) is 1. The molecule has 6 rings (SSSR count). The Labute approximate surface area is 322 Å². The number of carbonyl (C=O) groups is 1. The standard InChI is InChI=1S/C40H56O11S2/c1-9-46-15-16-47-34(25-20-30(42-5)36(45-8)31(21-25)43-6)32-33(39(51-38(32)41)50-29-19-24(4)11-12-26(29)23(2)3)40(52-17-10-18-53-40)27-13-14-28-37(35(27)44-7)49-22-48-28/h13-14,20-21,23-24,26,29,32-34,39H,9-12,15-19,22H2,1-8H3/t24-,26+,29-,32+,33-,34-,39-/m1/s1. The van der Waals surface area contributed by atoms with Gasteiger partial charge in [0.2, 0.25) is 24.6 Å². The molecule has 0 radical (unpaired) electrons. The number of esters is 1. The summed E-state index contributed by atoms with van der Waals surface area (Å²) in [6, 6.07) is 7.71. The van der Waals surface area contributed by atoms with E-state index in [9.17, 15) is 4.79 Å². The molecule has 53 heavy (non-hydrogen) atoms. The van der Waals surface area contributed by atoms with Gasteiger partial charge in [0.1, 0.15) is 0 Å². The number of ether oxygens (including phenoxy) is 10. The molecule has 2 saturated heterocycles. The van der Waals surface area contributed by atoms with Crippen molar-refractivity contribution in [1.82, 2.24) is 0 Å². The van der Waals surface area contributed by atoms with Gasteiger partial charge in [-0.15, -0.1) is 23.5 Å². The van der Waals surface area contributed by atoms with E-state index in [1.165, 1.54) is 0 Å². The predicted molar refractivity (Wildman–Crippen MR) is 205 cm³/mol. The SMILES string of the molecule is CCOCCO[C@H](c1cc(OC)c(OC)c(OC)c1)[C@H]1C(=O)O[C@@H](O[C@@H]2C[C@H](C)CC[C@H]2C(C)C)[C@@H]1C1(c2ccc3c(c2OC)OCO3)SCCCS1. The van der Waals surface area contributed by atoms with Crippen molar-refractivity contribution in [1.29, 1.82) is 0 Å². The number of carbonyl (C=O) groups excluding carboxylic acids is 1. The van der Waals surface area contributed by atoms with Gasteiger partial charge in [-0.25, -0.2) is 0 Å². The van der Waals surface area contributed by atoms with Crippen LogP contribution in [0.1, 0.15) is 70.6 Å². The van der Waals surface area contributed by atoms with E-state index in [0.717, 1.165) is 42.8 Å². The van der Waals surface area contributed by atoms with Crippen LogP contribution in [-0.2, 0) is 27.8 Å². The first-order valence-electron chi connectivity index (χ1n) is 18.8. The number of rotatable bonds is 16. The lowest BCUT2D eigenvalue weighted by atomic mass is 9.75. The molecule has 2 aromatic rings. The Bertz CT molecular complexity index is 1520. The lowest BCUT2D eigenvalue weighted by Crippen LogP contribution is -2.46. The van der Waals surface area contributed by atoms with Crippen LogP contribution in [0, 0.1) is 29.6 Å². The number of hydrogen-bond donors (Lipinski definition) is 0. The number of hydrogen-bond acceptors (Lipinski definition) is 13. The fourth-order valence-electron chi connectivity index (χ4n) is 8.42. The van der Waals surface area contributed by atoms with Crippen LogP contribution in [0.15, 0.2) is 24.3 Å². The highest BCUT2D eigenvalue weighted by molar-refractivity contribution is 8.18. The van der Waals surface area contributed by atoms with Gasteiger partial charge >= 0.3 is 5.97 Å². The number of benzene rings is 2. The Balaban J connectivity index is 1.55. The molecule has 0 bridgehead atoms. The van der Waals surface area contributed by atoms with E-state index in [4.69, 9.17) is 47.4 Å². The van der Waals surface area contributed by atoms with Crippen molar-refractivity contribution in [2.45, 2.75) is 76.0 Å². The Morgan fingerprint density at radius 3 is 2.28 bits per heavy atom. The molecule has 3 aliphatic heterocycles. The van der Waals surface area contributed by atoms with Crippen LogP contribution >= 0.6 is 23.5 Å². The zero-order chi connectivity index (χ0) is 37.7. The highest BCUT2D eigenvalue weighted by Crippen LogP contribution is 2.65. The molecule has 1 saturated carbocycles. The molecule has 2 aromatic carbocycles. The van der Waals surface area contributed by atoms with Gasteiger partial charge in [0.05, 0.1) is 69.8 Å². The second-order valence-electron chi connectivity index (χ2n) is 14.4. The topological polar surface area (TPSA) is 109 Å². The van der Waals surface area contributed by atoms with Gasteiger partial charge in [-0.2, -0.15) is 0 Å². The van der Waals surface area contributed by atoms with Gasteiger partial charge in [-0.05, 0) is 85.3 Å². The third kappa shape index (κ3) is 8.01. The van der Waals surface area contributed by atoms with Crippen molar-refractivity contribution < 1.29 is 52.2 Å². The summed E-state index contributed by atoms with van der Waals surface area (Å²) < 4.78 is 60.7. The summed E-state index contributed by atoms with van der Waals surface area (Å²) in [7, 11) is 6.38. The average molecular weight is 777 g/mol. The molecule has 0 spiro atoms. The summed E-state index contributed by atoms with van der Waals surface area (Å²) in [5.41, 5.74) is 1.59. The minimum Gasteiger partial charge on any atom is -0.493 e. The van der Waals surface area contributed by atoms with Crippen LogP contribution in [0.3, 0.4) is 0 Å². The van der Waals surface area contributed by atoms with Gasteiger partial charge in [-0.1, -0.05) is 27.2 Å². The van der Waals surface area contributed by atoms with Crippen LogP contribution in [0.5, 0.6) is 34.5 Å². The zero-order valence-electron chi connectivity index (χ0n) is 32.3. The van der Waals surface area contributed by atoms with Crippen LogP contribution in [0.4, 0.5) is 0 Å². The van der Waals surface area contributed by atoms with E-state index in [1.54, 1.807) is 52.0 Å². The molecule has 13 heteroatoms. The Hall–Kier alpha value is -2.71. The summed E-state index contributed by atoms with van der Waals surface area (Å²) in [5, 5.41) is 0. The molecule has 0 N–H and O–H groups in total. The fraction of sp³-hybridized carbons (Fsp3) is 0.675. The minimum absolute atomic E-state index is 0.0782. The number of methoxy groups -OCH3 is 4. The maximum atomic E-state index is 14.8. The summed E-state index contributed by atoms with van der Waals surface area (Å²) >= 11 is 3.61. The van der Waals surface area contributed by atoms with Gasteiger partial charge in [-0.3, -0.25) is 4.79 Å². The van der Waals surface area contributed by atoms with Gasteiger partial charge in [0.15, 0.2) is 23.0 Å². The quantitative estimate of drug-likeness (QED) is 0.122. The van der Waals surface area contributed by atoms with E-state index in [-0.39, 0.29) is 25.5 Å². The summed E-state index contributed by atoms with van der Waals surface area (Å²) in [5.74, 6) is 4.39. The molecule has 11 nitrogen and oxygen atoms in total. The van der Waals surface area contributed by atoms with E-state index >= 15 is 0 Å². The van der Waals surface area contributed by atoms with Gasteiger partial charge < -0.3 is 47.4 Å². The first-order valence-corrected chi connectivity index (χ1v) is 20.8. The smallest absolute Gasteiger partial charge is 0.314 e. The molecule has 294 valence electrons. The van der Waals surface area contributed by atoms with Crippen LogP contribution in [-0.4, -0.2) is 84.9 Å². The Morgan fingerprint density at radius 2 is 1.64 bits per heavy atom. The van der Waals surface area contributed by atoms with Crippen molar-refractivity contribution in [2.75, 3.05) is 66.6 Å². The lowest BCUT2D eigenvalue weighted by Gasteiger charge is -2.46. The third-order valence-electron chi connectivity index (χ3n) is 11.0. The van der Waals surface area contributed by atoms with E-state index < -0.39 is 28.3 Å². The maximum Gasteiger partial charge on any atom is 0.314 e. The summed E-state index contributed by atoms with van der Waals surface area (Å²) in [6.45, 7) is 9.99. The Morgan fingerprint density at radius 1 is 0.925 bits per heavy atom. The fourth-order valence-corrected chi connectivity index (χ4v) is 12.1. The van der Waals surface area contributed by atoms with E-state index in [1.807, 2.05) is 25.1 Å². The predicted octanol–water partition coefficient (Wildman–Crippen LogP) is 7.86. The zero-order valence-corrected chi connectivity index (χ0v) is 33.9. The van der Waals surface area contributed by atoms with Crippen molar-refractivity contribution in [3.05, 3.63) is 35.4 Å². The third-order valence-corrected chi connectivity index (χ3v) is 14.5. The van der Waals surface area contributed by atoms with Crippen LogP contribution < -0.4 is 28.4 Å². The molecule has 3 heterocycles. The summed E-state index contributed by atoms with van der Waals surface area (Å²) in [4.78, 5) is 14.8. The second-order valence-corrected chi connectivity index (χ2v) is 17.3. The average Bonchev–Trinajstić information content (AvgIpc) is 3.78. The second kappa shape index (κ2) is 17.8. The first-order chi connectivity index (χ1) is 25.7. The monoisotopic (exact) mass is 776 g/mol. The highest BCUT2D eigenvalue weighted by Gasteiger charge is 2.62. The van der Waals surface area contributed by atoms with Crippen molar-refractivity contribution in [2.24, 2.45) is 29.6 Å². The van der Waals surface area contributed by atoms with Gasteiger partial charge in [0, 0.05) is 12.2 Å². The minimum atomic E-state index is -0.864. The van der Waals surface area contributed by atoms with Crippen molar-refractivity contribution >= 4 is 29.5 Å². The molecule has 0 aromatic heterocycles. The molecular weight excluding hydrogens is 721 g/mol. The molecular formula is C40H56O11S2. The first kappa shape index (κ1) is 40.0. The normalized spacial score (nSPS) is 27.0. The molecule has 3 fully saturated rings. The largest absolute Gasteiger partial charge is 0.493 e. The number of fused-ring (bicyclic) bond motifs is 1. The molecule has 7 atom stereocenters. The molecule has 4 aliphatic rings. The van der Waals surface area contributed by atoms with Crippen LogP contribution in [0.25, 0.3) is 0 Å². The van der Waals surface area contributed by atoms with Crippen LogP contribution in [0.2, 0.25) is 0 Å². The van der Waals surface area contributed by atoms with E-state index in [2.05, 4.69) is 26.8 Å². The molecule has 0 amide bonds. The van der Waals surface area contributed by atoms with Gasteiger partial charge in [0.25, 0.3) is 0 Å². The molecule has 1 aliphatic carbocycles. The van der Waals surface area contributed by atoms with Crippen molar-refractivity contribution in [3.8, 4) is 34.5 Å². The Kier molecular flexibility index (Phi) is 13.4. The highest BCUT2D eigenvalue weighted by atomic mass is 32.2. The molecule has 0 unspecified atom stereocenters.